The number of amides is 4. The summed E-state index contributed by atoms with van der Waals surface area (Å²) in [5, 5.41) is 2.93. The van der Waals surface area contributed by atoms with Crippen LogP contribution in [0.3, 0.4) is 0 Å². The molecule has 0 aliphatic carbocycles. The van der Waals surface area contributed by atoms with Gasteiger partial charge in [-0.05, 0) is 26.0 Å². The number of urea groups is 1. The first kappa shape index (κ1) is 19.2. The van der Waals surface area contributed by atoms with E-state index in [1.54, 1.807) is 33.9 Å². The second kappa shape index (κ2) is 7.58. The third-order valence-electron chi connectivity index (χ3n) is 5.22. The van der Waals surface area contributed by atoms with Crippen LogP contribution < -0.4 is 5.32 Å². The van der Waals surface area contributed by atoms with Gasteiger partial charge in [0.05, 0.1) is 0 Å². The average Bonchev–Trinajstić information content (AvgIpc) is 2.79. The molecule has 3 rings (SSSR count). The van der Waals surface area contributed by atoms with Gasteiger partial charge >= 0.3 is 6.03 Å². The first-order valence-electron chi connectivity index (χ1n) is 9.43. The van der Waals surface area contributed by atoms with Crippen LogP contribution >= 0.6 is 0 Å². The molecule has 1 aromatic rings. The number of benzene rings is 1. The molecular weight excluding hydrogens is 344 g/mol. The van der Waals surface area contributed by atoms with Gasteiger partial charge in [0, 0.05) is 63.2 Å². The van der Waals surface area contributed by atoms with Crippen LogP contribution in [-0.4, -0.2) is 78.4 Å². The van der Waals surface area contributed by atoms with E-state index in [1.165, 1.54) is 0 Å². The summed E-state index contributed by atoms with van der Waals surface area (Å²) in [5.74, 6) is 0.0105. The minimum absolute atomic E-state index is 0.0339. The van der Waals surface area contributed by atoms with E-state index in [-0.39, 0.29) is 23.9 Å². The van der Waals surface area contributed by atoms with Crippen LogP contribution in [0.15, 0.2) is 30.3 Å². The molecule has 2 saturated heterocycles. The first-order chi connectivity index (χ1) is 12.8. The lowest BCUT2D eigenvalue weighted by molar-refractivity contribution is -0.126. The zero-order valence-corrected chi connectivity index (χ0v) is 16.3. The highest BCUT2D eigenvalue weighted by atomic mass is 16.2. The summed E-state index contributed by atoms with van der Waals surface area (Å²) in [5.41, 5.74) is 0.201. The van der Waals surface area contributed by atoms with Gasteiger partial charge in [-0.25, -0.2) is 4.79 Å². The molecule has 1 unspecified atom stereocenters. The zero-order chi connectivity index (χ0) is 19.6. The molecular formula is C20H28N4O3. The monoisotopic (exact) mass is 372 g/mol. The van der Waals surface area contributed by atoms with Gasteiger partial charge in [0.2, 0.25) is 5.91 Å². The van der Waals surface area contributed by atoms with E-state index < -0.39 is 5.41 Å². The fraction of sp³-hybridized carbons (Fsp3) is 0.550. The Balaban J connectivity index is 1.85. The van der Waals surface area contributed by atoms with E-state index in [1.807, 2.05) is 32.0 Å². The Bertz CT molecular complexity index is 721. The van der Waals surface area contributed by atoms with Crippen molar-refractivity contribution in [2.45, 2.75) is 26.3 Å². The van der Waals surface area contributed by atoms with E-state index >= 15 is 0 Å². The van der Waals surface area contributed by atoms with E-state index in [4.69, 9.17) is 0 Å². The summed E-state index contributed by atoms with van der Waals surface area (Å²) < 4.78 is 0. The molecule has 0 bridgehead atoms. The zero-order valence-electron chi connectivity index (χ0n) is 16.3. The van der Waals surface area contributed by atoms with Gasteiger partial charge in [-0.2, -0.15) is 0 Å². The molecule has 0 radical (unpaired) electrons. The molecule has 0 aromatic heterocycles. The number of carbonyl (C=O) groups excluding carboxylic acids is 3. The van der Waals surface area contributed by atoms with Crippen molar-refractivity contribution in [3.8, 4) is 0 Å². The molecule has 4 amide bonds. The second-order valence-electron chi connectivity index (χ2n) is 8.05. The van der Waals surface area contributed by atoms with Crippen molar-refractivity contribution in [3.05, 3.63) is 35.9 Å². The van der Waals surface area contributed by atoms with E-state index in [2.05, 4.69) is 5.32 Å². The fourth-order valence-corrected chi connectivity index (χ4v) is 4.02. The SMILES string of the molecule is CC(C)NC(=O)N1CCN(C(=O)c2ccccc2)CC2(CC(=O)N(C)C2)C1. The highest BCUT2D eigenvalue weighted by molar-refractivity contribution is 5.94. The Morgan fingerprint density at radius 1 is 1.04 bits per heavy atom. The van der Waals surface area contributed by atoms with Crippen molar-refractivity contribution in [1.29, 1.82) is 0 Å². The number of nitrogens with one attached hydrogen (secondary N) is 1. The van der Waals surface area contributed by atoms with Gasteiger partial charge in [0.15, 0.2) is 0 Å². The molecule has 1 atom stereocenters. The van der Waals surface area contributed by atoms with Crippen LogP contribution in [0.5, 0.6) is 0 Å². The van der Waals surface area contributed by atoms with Crippen LogP contribution in [0.25, 0.3) is 0 Å². The summed E-state index contributed by atoms with van der Waals surface area (Å²) in [6.45, 7) is 6.25. The number of rotatable bonds is 2. The van der Waals surface area contributed by atoms with Gasteiger partial charge in [0.25, 0.3) is 5.91 Å². The van der Waals surface area contributed by atoms with E-state index in [0.717, 1.165) is 0 Å². The number of nitrogens with zero attached hydrogens (tertiary/aromatic N) is 3. The van der Waals surface area contributed by atoms with E-state index in [9.17, 15) is 14.4 Å². The molecule has 2 aliphatic heterocycles. The summed E-state index contributed by atoms with van der Waals surface area (Å²) >= 11 is 0. The number of hydrogen-bond donors (Lipinski definition) is 1. The summed E-state index contributed by atoms with van der Waals surface area (Å²) in [6, 6.07) is 9.06. The molecule has 0 saturated carbocycles. The molecule has 2 heterocycles. The molecule has 2 aliphatic rings. The highest BCUT2D eigenvalue weighted by Gasteiger charge is 2.47. The molecule has 1 spiro atoms. The van der Waals surface area contributed by atoms with Crippen molar-refractivity contribution in [2.24, 2.45) is 5.41 Å². The third-order valence-corrected chi connectivity index (χ3v) is 5.22. The van der Waals surface area contributed by atoms with Crippen LogP contribution in [0.1, 0.15) is 30.6 Å². The molecule has 1 N–H and O–H groups in total. The maximum atomic E-state index is 13.0. The number of carbonyl (C=O) groups is 3. The lowest BCUT2D eigenvalue weighted by atomic mass is 9.86. The lowest BCUT2D eigenvalue weighted by Crippen LogP contribution is -2.49. The van der Waals surface area contributed by atoms with Gasteiger partial charge in [0.1, 0.15) is 0 Å². The largest absolute Gasteiger partial charge is 0.345 e. The summed E-state index contributed by atoms with van der Waals surface area (Å²) in [4.78, 5) is 43.2. The van der Waals surface area contributed by atoms with Crippen molar-refractivity contribution >= 4 is 17.8 Å². The van der Waals surface area contributed by atoms with Gasteiger partial charge in [-0.1, -0.05) is 18.2 Å². The predicted molar refractivity (Wildman–Crippen MR) is 102 cm³/mol. The van der Waals surface area contributed by atoms with Crippen LogP contribution in [0, 0.1) is 5.41 Å². The van der Waals surface area contributed by atoms with Crippen molar-refractivity contribution in [3.63, 3.8) is 0 Å². The lowest BCUT2D eigenvalue weighted by Gasteiger charge is -2.33. The second-order valence-corrected chi connectivity index (χ2v) is 8.05. The molecule has 2 fully saturated rings. The minimum atomic E-state index is -0.429. The Kier molecular flexibility index (Phi) is 5.39. The van der Waals surface area contributed by atoms with Gasteiger partial charge in [-0.15, -0.1) is 0 Å². The predicted octanol–water partition coefficient (Wildman–Crippen LogP) is 1.41. The Hall–Kier alpha value is -2.57. The number of hydrogen-bond acceptors (Lipinski definition) is 3. The smallest absolute Gasteiger partial charge is 0.317 e. The summed E-state index contributed by atoms with van der Waals surface area (Å²) in [7, 11) is 1.78. The maximum absolute atomic E-state index is 13.0. The normalized spacial score (nSPS) is 23.1. The number of likely N-dealkylation sites (tertiary alicyclic amines) is 1. The molecule has 1 aromatic carbocycles. The summed E-state index contributed by atoms with van der Waals surface area (Å²) in [6.07, 6.45) is 0.355. The van der Waals surface area contributed by atoms with Crippen LogP contribution in [0.2, 0.25) is 0 Å². The third kappa shape index (κ3) is 4.23. The Morgan fingerprint density at radius 3 is 2.26 bits per heavy atom. The molecule has 146 valence electrons. The molecule has 7 nitrogen and oxygen atoms in total. The van der Waals surface area contributed by atoms with Crippen LogP contribution in [0.4, 0.5) is 4.79 Å². The maximum Gasteiger partial charge on any atom is 0.317 e. The van der Waals surface area contributed by atoms with Crippen molar-refractivity contribution in [1.82, 2.24) is 20.0 Å². The fourth-order valence-electron chi connectivity index (χ4n) is 4.02. The Labute approximate surface area is 160 Å². The van der Waals surface area contributed by atoms with Gasteiger partial charge < -0.3 is 20.0 Å². The topological polar surface area (TPSA) is 73.0 Å². The van der Waals surface area contributed by atoms with Gasteiger partial charge in [-0.3, -0.25) is 9.59 Å². The molecule has 27 heavy (non-hydrogen) atoms. The quantitative estimate of drug-likeness (QED) is 0.853. The van der Waals surface area contributed by atoms with Crippen molar-refractivity contribution in [2.75, 3.05) is 39.8 Å². The highest BCUT2D eigenvalue weighted by Crippen LogP contribution is 2.34. The Morgan fingerprint density at radius 2 is 1.67 bits per heavy atom. The minimum Gasteiger partial charge on any atom is -0.345 e. The van der Waals surface area contributed by atoms with Crippen molar-refractivity contribution < 1.29 is 14.4 Å². The first-order valence-corrected chi connectivity index (χ1v) is 9.43. The standard InChI is InChI=1S/C20H28N4O3/c1-15(2)21-19(27)24-10-9-23(18(26)16-7-5-4-6-8-16)13-20(14-24)11-17(25)22(3)12-20/h4-8,15H,9-14H2,1-3H3,(H,21,27). The molecule has 7 heteroatoms. The average molecular weight is 372 g/mol. The van der Waals surface area contributed by atoms with E-state index in [0.29, 0.717) is 44.7 Å². The van der Waals surface area contributed by atoms with Crippen LogP contribution in [-0.2, 0) is 4.79 Å².